The van der Waals surface area contributed by atoms with Crippen LogP contribution in [0.1, 0.15) is 31.8 Å². The Balaban J connectivity index is 0.00000420. The van der Waals surface area contributed by atoms with Gasteiger partial charge in [0.1, 0.15) is 23.2 Å². The van der Waals surface area contributed by atoms with E-state index in [4.69, 9.17) is 21.1 Å². The van der Waals surface area contributed by atoms with Gasteiger partial charge < -0.3 is 30.7 Å². The summed E-state index contributed by atoms with van der Waals surface area (Å²) in [5.41, 5.74) is 3.05. The maximum Gasteiger partial charge on any atom is 0.257 e. The lowest BCUT2D eigenvalue weighted by Crippen LogP contribution is -2.20. The molecule has 0 saturated heterocycles. The number of methoxy groups -OCH3 is 2. The zero-order chi connectivity index (χ0) is 28.5. The Bertz CT molecular complexity index is 1450. The second-order valence-electron chi connectivity index (χ2n) is 8.08. The van der Waals surface area contributed by atoms with Crippen LogP contribution in [0.3, 0.4) is 0 Å². The Hall–Kier alpha value is -3.99. The predicted octanol–water partition coefficient (Wildman–Crippen LogP) is 4.90. The number of nitrogens with zero attached hydrogens (tertiary/aromatic N) is 2. The quantitative estimate of drug-likeness (QED) is 0.209. The van der Waals surface area contributed by atoms with E-state index in [-0.39, 0.29) is 41.0 Å². The fourth-order valence-electron chi connectivity index (χ4n) is 3.91. The van der Waals surface area contributed by atoms with Crippen LogP contribution in [0.5, 0.6) is 11.5 Å². The number of hydrogen-bond donors (Lipinski definition) is 4. The van der Waals surface area contributed by atoms with Crippen molar-refractivity contribution in [1.82, 2.24) is 10.6 Å². The van der Waals surface area contributed by atoms with Gasteiger partial charge in [0.25, 0.3) is 11.8 Å². The molecule has 0 bridgehead atoms. The molecule has 0 fully saturated rings. The summed E-state index contributed by atoms with van der Waals surface area (Å²) in [6.07, 6.45) is 0. The van der Waals surface area contributed by atoms with Crippen LogP contribution in [0, 0.1) is 0 Å². The van der Waals surface area contributed by atoms with Crippen LogP contribution >= 0.6 is 36.4 Å². The van der Waals surface area contributed by atoms with Gasteiger partial charge in [-0.05, 0) is 42.5 Å². The molecule has 0 heterocycles. The molecule has 3 rings (SSSR count). The van der Waals surface area contributed by atoms with Gasteiger partial charge in [-0.3, -0.25) is 19.6 Å². The third-order valence-electron chi connectivity index (χ3n) is 5.83. The van der Waals surface area contributed by atoms with Crippen LogP contribution in [-0.4, -0.2) is 65.9 Å². The van der Waals surface area contributed by atoms with Gasteiger partial charge in [-0.15, -0.1) is 24.8 Å². The average Bonchev–Trinajstić information content (AvgIpc) is 2.95. The third kappa shape index (κ3) is 8.26. The Morgan fingerprint density at radius 2 is 1.12 bits per heavy atom. The second-order valence-corrected chi connectivity index (χ2v) is 8.48. The number of carbonyl (C=O) groups is 2. The summed E-state index contributed by atoms with van der Waals surface area (Å²) >= 11 is 6.41. The molecule has 41 heavy (non-hydrogen) atoms. The number of halogens is 3. The first-order valence-corrected chi connectivity index (χ1v) is 12.3. The first-order valence-electron chi connectivity index (χ1n) is 11.9. The van der Waals surface area contributed by atoms with Crippen LogP contribution in [0.15, 0.2) is 64.6 Å². The molecule has 220 valence electrons. The summed E-state index contributed by atoms with van der Waals surface area (Å²) in [7, 11) is 9.95. The monoisotopic (exact) mass is 622 g/mol. The van der Waals surface area contributed by atoms with Gasteiger partial charge in [0.05, 0.1) is 35.9 Å². The van der Waals surface area contributed by atoms with Crippen molar-refractivity contribution in [2.45, 2.75) is 0 Å². The average molecular weight is 624 g/mol. The van der Waals surface area contributed by atoms with Gasteiger partial charge in [-0.2, -0.15) is 0 Å². The second kappa shape index (κ2) is 16.3. The normalized spacial score (nSPS) is 10.9. The van der Waals surface area contributed by atoms with Crippen molar-refractivity contribution in [3.63, 3.8) is 0 Å². The number of anilines is 2. The number of carbonyl (C=O) groups excluding carboxylic acids is 2. The summed E-state index contributed by atoms with van der Waals surface area (Å²) in [5.74, 6) is 1.55. The highest BCUT2D eigenvalue weighted by Crippen LogP contribution is 2.27. The molecule has 0 saturated carbocycles. The molecule has 10 nitrogen and oxygen atoms in total. The summed E-state index contributed by atoms with van der Waals surface area (Å²) in [5, 5.41) is 11.8. The van der Waals surface area contributed by atoms with Crippen molar-refractivity contribution in [3.8, 4) is 11.5 Å². The van der Waals surface area contributed by atoms with Gasteiger partial charge in [0.2, 0.25) is 0 Å². The summed E-state index contributed by atoms with van der Waals surface area (Å²) in [6.45, 7) is 0. The standard InChI is InChI=1S/C28H31ClN6O4.2ClH/c1-30-25(31-2)20-11-8-17(14-23(20)38-5)34-27(36)16-7-10-19(22(29)13-16)28(37)35-18-9-12-21(24(15-18)39-6)26(32-3)33-4;;/h7-15H,1-6H3,(H,30,31)(H,32,33)(H,34,36)(H,35,37);2*1H. The minimum atomic E-state index is -0.432. The topological polar surface area (TPSA) is 125 Å². The molecule has 3 aromatic carbocycles. The minimum absolute atomic E-state index is 0. The van der Waals surface area contributed by atoms with E-state index in [1.807, 2.05) is 0 Å². The van der Waals surface area contributed by atoms with Crippen LogP contribution in [0.4, 0.5) is 11.4 Å². The highest BCUT2D eigenvalue weighted by molar-refractivity contribution is 6.35. The Morgan fingerprint density at radius 1 is 0.683 bits per heavy atom. The minimum Gasteiger partial charge on any atom is -0.496 e. The molecule has 3 aromatic rings. The van der Waals surface area contributed by atoms with Gasteiger partial charge in [0, 0.05) is 57.3 Å². The maximum atomic E-state index is 12.9. The van der Waals surface area contributed by atoms with E-state index in [1.165, 1.54) is 25.3 Å². The highest BCUT2D eigenvalue weighted by atomic mass is 35.5. The number of ether oxygens (including phenoxy) is 2. The maximum absolute atomic E-state index is 12.9. The molecule has 13 heteroatoms. The number of hydrogen-bond acceptors (Lipinski definition) is 6. The fraction of sp³-hybridized carbons (Fsp3) is 0.214. The summed E-state index contributed by atoms with van der Waals surface area (Å²) < 4.78 is 10.9. The number of amides is 2. The SMILES string of the molecule is CN=C(NC)c1ccc(NC(=O)c2ccc(C(=O)Nc3ccc(C(=NC)NC)c(OC)c3)c(Cl)c2)cc1OC.Cl.Cl. The molecule has 0 radical (unpaired) electrons. The van der Waals surface area contributed by atoms with E-state index in [2.05, 4.69) is 31.3 Å². The lowest BCUT2D eigenvalue weighted by atomic mass is 10.1. The van der Waals surface area contributed by atoms with Crippen molar-refractivity contribution >= 4 is 71.3 Å². The van der Waals surface area contributed by atoms with Gasteiger partial charge in [0.15, 0.2) is 0 Å². The molecule has 0 spiro atoms. The third-order valence-corrected chi connectivity index (χ3v) is 6.14. The first-order chi connectivity index (χ1) is 18.8. The van der Waals surface area contributed by atoms with E-state index in [9.17, 15) is 9.59 Å². The molecule has 0 atom stereocenters. The van der Waals surface area contributed by atoms with Crippen molar-refractivity contribution in [2.24, 2.45) is 9.98 Å². The predicted molar refractivity (Wildman–Crippen MR) is 171 cm³/mol. The lowest BCUT2D eigenvalue weighted by molar-refractivity contribution is 0.101. The zero-order valence-electron chi connectivity index (χ0n) is 23.4. The van der Waals surface area contributed by atoms with E-state index < -0.39 is 11.8 Å². The van der Waals surface area contributed by atoms with Crippen LogP contribution < -0.4 is 30.7 Å². The Kier molecular flexibility index (Phi) is 13.9. The van der Waals surface area contributed by atoms with Crippen LogP contribution in [0.2, 0.25) is 5.02 Å². The van der Waals surface area contributed by atoms with Crippen LogP contribution in [-0.2, 0) is 0 Å². The van der Waals surface area contributed by atoms with E-state index >= 15 is 0 Å². The molecular weight excluding hydrogens is 591 g/mol. The number of aliphatic imine (C=N–C) groups is 2. The number of benzene rings is 3. The number of rotatable bonds is 8. The Labute approximate surface area is 256 Å². The van der Waals surface area contributed by atoms with Crippen molar-refractivity contribution in [3.05, 3.63) is 81.9 Å². The van der Waals surface area contributed by atoms with Crippen molar-refractivity contribution in [1.29, 1.82) is 0 Å². The van der Waals surface area contributed by atoms with Crippen molar-refractivity contribution in [2.75, 3.05) is 53.0 Å². The fourth-order valence-corrected chi connectivity index (χ4v) is 4.17. The largest absolute Gasteiger partial charge is 0.496 e. The molecule has 0 aromatic heterocycles. The summed E-state index contributed by atoms with van der Waals surface area (Å²) in [6, 6.07) is 14.9. The molecular formula is C28H33Cl3N6O4. The van der Waals surface area contributed by atoms with Gasteiger partial charge in [-0.25, -0.2) is 0 Å². The van der Waals surface area contributed by atoms with Crippen LogP contribution in [0.25, 0.3) is 0 Å². The summed E-state index contributed by atoms with van der Waals surface area (Å²) in [4.78, 5) is 34.2. The molecule has 0 aliphatic rings. The highest BCUT2D eigenvalue weighted by Gasteiger charge is 2.17. The van der Waals surface area contributed by atoms with Gasteiger partial charge in [-0.1, -0.05) is 11.6 Å². The van der Waals surface area contributed by atoms with Crippen molar-refractivity contribution < 1.29 is 19.1 Å². The van der Waals surface area contributed by atoms with E-state index in [0.717, 1.165) is 11.1 Å². The zero-order valence-corrected chi connectivity index (χ0v) is 25.8. The number of nitrogens with one attached hydrogen (secondary N) is 4. The molecule has 0 aliphatic heterocycles. The lowest BCUT2D eigenvalue weighted by Gasteiger charge is -2.14. The molecule has 0 aliphatic carbocycles. The molecule has 2 amide bonds. The van der Waals surface area contributed by atoms with E-state index in [0.29, 0.717) is 34.5 Å². The van der Waals surface area contributed by atoms with E-state index in [1.54, 1.807) is 71.7 Å². The molecule has 4 N–H and O–H groups in total. The van der Waals surface area contributed by atoms with Gasteiger partial charge >= 0.3 is 0 Å². The smallest absolute Gasteiger partial charge is 0.257 e. The molecule has 0 unspecified atom stereocenters. The first kappa shape index (κ1) is 35.0. The number of amidine groups is 2. The Morgan fingerprint density at radius 3 is 1.51 bits per heavy atom.